The normalized spacial score (nSPS) is 15.1. The second-order valence-electron chi connectivity index (χ2n) is 4.66. The minimum atomic E-state index is -0.0733. The molecule has 0 saturated heterocycles. The van der Waals surface area contributed by atoms with Gasteiger partial charge in [0.2, 0.25) is 0 Å². The van der Waals surface area contributed by atoms with Crippen molar-refractivity contribution in [2.24, 2.45) is 0 Å². The molecule has 0 unspecified atom stereocenters. The first-order valence-corrected chi connectivity index (χ1v) is 6.39. The van der Waals surface area contributed by atoms with E-state index in [9.17, 15) is 5.11 Å². The van der Waals surface area contributed by atoms with E-state index in [-0.39, 0.29) is 6.61 Å². The van der Waals surface area contributed by atoms with Crippen LogP contribution in [0.4, 0.5) is 0 Å². The van der Waals surface area contributed by atoms with Crippen molar-refractivity contribution in [3.63, 3.8) is 0 Å². The lowest BCUT2D eigenvalue weighted by atomic mass is 10.1. The molecule has 1 aromatic heterocycles. The van der Waals surface area contributed by atoms with E-state index in [1.54, 1.807) is 0 Å². The van der Waals surface area contributed by atoms with Gasteiger partial charge in [0.15, 0.2) is 11.6 Å². The van der Waals surface area contributed by atoms with E-state index in [0.29, 0.717) is 11.9 Å². The first kappa shape index (κ1) is 11.7. The summed E-state index contributed by atoms with van der Waals surface area (Å²) >= 11 is 5.97. The van der Waals surface area contributed by atoms with Gasteiger partial charge in [0.05, 0.1) is 0 Å². The molecule has 0 bridgehead atoms. The van der Waals surface area contributed by atoms with Crippen molar-refractivity contribution < 1.29 is 5.11 Å². The third kappa shape index (κ3) is 1.91. The van der Waals surface area contributed by atoms with Gasteiger partial charge in [0.1, 0.15) is 6.61 Å². The zero-order valence-corrected chi connectivity index (χ0v) is 10.9. The Morgan fingerprint density at radius 1 is 1.39 bits per heavy atom. The average Bonchev–Trinajstić information content (AvgIpc) is 3.09. The first-order valence-electron chi connectivity index (χ1n) is 6.02. The molecular formula is C13H14ClN3O. The third-order valence-electron chi connectivity index (χ3n) is 3.25. The quantitative estimate of drug-likeness (QED) is 0.926. The summed E-state index contributed by atoms with van der Waals surface area (Å²) in [5.41, 5.74) is 2.10. The van der Waals surface area contributed by atoms with Crippen molar-refractivity contribution in [2.45, 2.75) is 32.4 Å². The number of hydrogen-bond donors (Lipinski definition) is 1. The molecule has 4 nitrogen and oxygen atoms in total. The van der Waals surface area contributed by atoms with Gasteiger partial charge >= 0.3 is 0 Å². The number of aliphatic hydroxyl groups excluding tert-OH is 1. The highest BCUT2D eigenvalue weighted by Crippen LogP contribution is 2.39. The molecule has 0 radical (unpaired) electrons. The van der Waals surface area contributed by atoms with E-state index in [4.69, 9.17) is 11.6 Å². The number of benzene rings is 1. The fourth-order valence-electron chi connectivity index (χ4n) is 2.21. The fraction of sp³-hybridized carbons (Fsp3) is 0.385. The molecule has 18 heavy (non-hydrogen) atoms. The van der Waals surface area contributed by atoms with Crippen LogP contribution in [-0.2, 0) is 6.61 Å². The van der Waals surface area contributed by atoms with Crippen molar-refractivity contribution in [1.29, 1.82) is 0 Å². The van der Waals surface area contributed by atoms with Crippen LogP contribution < -0.4 is 0 Å². The van der Waals surface area contributed by atoms with E-state index >= 15 is 0 Å². The third-order valence-corrected chi connectivity index (χ3v) is 3.48. The standard InChI is InChI=1S/C13H14ClN3O/c1-8-6-9(14)2-5-11(8)13-16-15-12(7-18)17(13)10-3-4-10/h2,5-6,10,18H,3-4,7H2,1H3. The van der Waals surface area contributed by atoms with Crippen molar-refractivity contribution in [2.75, 3.05) is 0 Å². The van der Waals surface area contributed by atoms with Gasteiger partial charge in [0.25, 0.3) is 0 Å². The molecule has 0 atom stereocenters. The second kappa shape index (κ2) is 4.37. The summed E-state index contributed by atoms with van der Waals surface area (Å²) in [5.74, 6) is 1.47. The van der Waals surface area contributed by atoms with Crippen LogP contribution in [-0.4, -0.2) is 19.9 Å². The van der Waals surface area contributed by atoms with Crippen LogP contribution in [0.3, 0.4) is 0 Å². The largest absolute Gasteiger partial charge is 0.388 e. The predicted octanol–water partition coefficient (Wildman–Crippen LogP) is 2.73. The minimum Gasteiger partial charge on any atom is -0.388 e. The zero-order chi connectivity index (χ0) is 12.7. The summed E-state index contributed by atoms with van der Waals surface area (Å²) in [5, 5.41) is 18.3. The van der Waals surface area contributed by atoms with E-state index in [1.807, 2.05) is 25.1 Å². The van der Waals surface area contributed by atoms with Crippen LogP contribution in [0.25, 0.3) is 11.4 Å². The molecule has 0 aliphatic heterocycles. The van der Waals surface area contributed by atoms with Gasteiger partial charge in [-0.25, -0.2) is 0 Å². The van der Waals surface area contributed by atoms with Crippen LogP contribution in [0.15, 0.2) is 18.2 Å². The maximum absolute atomic E-state index is 9.32. The summed E-state index contributed by atoms with van der Waals surface area (Å²) < 4.78 is 2.05. The molecule has 94 valence electrons. The minimum absolute atomic E-state index is 0.0733. The lowest BCUT2D eigenvalue weighted by molar-refractivity contribution is 0.265. The summed E-state index contributed by atoms with van der Waals surface area (Å²) in [4.78, 5) is 0. The van der Waals surface area contributed by atoms with Crippen LogP contribution in [0.2, 0.25) is 5.02 Å². The molecule has 2 aromatic rings. The molecule has 1 aliphatic rings. The van der Waals surface area contributed by atoms with Gasteiger partial charge in [-0.1, -0.05) is 11.6 Å². The molecule has 1 N–H and O–H groups in total. The van der Waals surface area contributed by atoms with Crippen LogP contribution in [0.5, 0.6) is 0 Å². The average molecular weight is 264 g/mol. The number of halogens is 1. The van der Waals surface area contributed by atoms with E-state index in [0.717, 1.165) is 34.8 Å². The first-order chi connectivity index (χ1) is 8.70. The second-order valence-corrected chi connectivity index (χ2v) is 5.09. The van der Waals surface area contributed by atoms with Crippen molar-refractivity contribution in [3.8, 4) is 11.4 Å². The molecule has 0 amide bonds. The highest BCUT2D eigenvalue weighted by Gasteiger charge is 2.29. The van der Waals surface area contributed by atoms with E-state index < -0.39 is 0 Å². The highest BCUT2D eigenvalue weighted by molar-refractivity contribution is 6.30. The monoisotopic (exact) mass is 263 g/mol. The van der Waals surface area contributed by atoms with Gasteiger partial charge in [-0.2, -0.15) is 0 Å². The highest BCUT2D eigenvalue weighted by atomic mass is 35.5. The Kier molecular flexibility index (Phi) is 2.84. The van der Waals surface area contributed by atoms with Crippen molar-refractivity contribution in [1.82, 2.24) is 14.8 Å². The van der Waals surface area contributed by atoms with Gasteiger partial charge in [-0.15, -0.1) is 10.2 Å². The number of aryl methyl sites for hydroxylation is 1. The Labute approximate surface area is 110 Å². The summed E-state index contributed by atoms with van der Waals surface area (Å²) in [6.45, 7) is 1.93. The molecular weight excluding hydrogens is 250 g/mol. The smallest absolute Gasteiger partial charge is 0.164 e. The lowest BCUT2D eigenvalue weighted by Crippen LogP contribution is -2.04. The van der Waals surface area contributed by atoms with E-state index in [1.165, 1.54) is 0 Å². The molecule has 0 spiro atoms. The summed E-state index contributed by atoms with van der Waals surface area (Å²) in [7, 11) is 0. The Bertz CT molecular complexity index is 590. The SMILES string of the molecule is Cc1cc(Cl)ccc1-c1nnc(CO)n1C1CC1. The van der Waals surface area contributed by atoms with Crippen LogP contribution in [0, 0.1) is 6.92 Å². The maximum Gasteiger partial charge on any atom is 0.164 e. The van der Waals surface area contributed by atoms with Gasteiger partial charge in [-0.05, 0) is 43.5 Å². The van der Waals surface area contributed by atoms with Crippen LogP contribution in [0.1, 0.15) is 30.3 Å². The molecule has 1 aliphatic carbocycles. The fourth-order valence-corrected chi connectivity index (χ4v) is 2.44. The topological polar surface area (TPSA) is 50.9 Å². The molecule has 1 fully saturated rings. The van der Waals surface area contributed by atoms with Gasteiger partial charge < -0.3 is 9.67 Å². The van der Waals surface area contributed by atoms with Gasteiger partial charge in [-0.3, -0.25) is 0 Å². The Hall–Kier alpha value is -1.39. The number of aromatic nitrogens is 3. The summed E-state index contributed by atoms with van der Waals surface area (Å²) in [6.07, 6.45) is 2.26. The Morgan fingerprint density at radius 3 is 2.78 bits per heavy atom. The molecule has 1 saturated carbocycles. The van der Waals surface area contributed by atoms with Crippen molar-refractivity contribution >= 4 is 11.6 Å². The van der Waals surface area contributed by atoms with E-state index in [2.05, 4.69) is 14.8 Å². The Morgan fingerprint density at radius 2 is 2.17 bits per heavy atom. The predicted molar refractivity (Wildman–Crippen MR) is 69.4 cm³/mol. The van der Waals surface area contributed by atoms with Crippen molar-refractivity contribution in [3.05, 3.63) is 34.6 Å². The summed E-state index contributed by atoms with van der Waals surface area (Å²) in [6, 6.07) is 6.17. The molecule has 3 rings (SSSR count). The number of rotatable bonds is 3. The Balaban J connectivity index is 2.13. The van der Waals surface area contributed by atoms with Crippen LogP contribution >= 0.6 is 11.6 Å². The molecule has 1 heterocycles. The molecule has 1 aromatic carbocycles. The zero-order valence-electron chi connectivity index (χ0n) is 10.1. The van der Waals surface area contributed by atoms with Gasteiger partial charge in [0, 0.05) is 16.6 Å². The maximum atomic E-state index is 9.32. The lowest BCUT2D eigenvalue weighted by Gasteiger charge is -2.10. The number of hydrogen-bond acceptors (Lipinski definition) is 3. The number of aliphatic hydroxyl groups is 1. The molecule has 5 heteroatoms. The number of nitrogens with zero attached hydrogens (tertiary/aromatic N) is 3.